The molecule has 102 valence electrons. The molecule has 2 heterocycles. The van der Waals surface area contributed by atoms with Crippen molar-refractivity contribution in [2.24, 2.45) is 0 Å². The van der Waals surface area contributed by atoms with Gasteiger partial charge in [-0.15, -0.1) is 0 Å². The Kier molecular flexibility index (Phi) is 5.23. The molecule has 0 atom stereocenters. The van der Waals surface area contributed by atoms with Crippen molar-refractivity contribution < 1.29 is 4.74 Å². The quantitative estimate of drug-likeness (QED) is 0.827. The molecule has 0 aliphatic carbocycles. The van der Waals surface area contributed by atoms with Crippen LogP contribution < -0.4 is 5.32 Å². The van der Waals surface area contributed by atoms with Gasteiger partial charge in [-0.2, -0.15) is 0 Å². The van der Waals surface area contributed by atoms with Gasteiger partial charge in [-0.1, -0.05) is 13.8 Å². The smallest absolute Gasteiger partial charge is 0.0594 e. The molecule has 1 aromatic rings. The first kappa shape index (κ1) is 13.6. The minimum Gasteiger partial charge on any atom is -0.379 e. The van der Waals surface area contributed by atoms with Gasteiger partial charge in [-0.25, -0.2) is 0 Å². The van der Waals surface area contributed by atoms with E-state index in [2.05, 4.69) is 47.0 Å². The highest BCUT2D eigenvalue weighted by Gasteiger charge is 2.10. The van der Waals surface area contributed by atoms with Crippen molar-refractivity contribution in [3.63, 3.8) is 0 Å². The van der Waals surface area contributed by atoms with Gasteiger partial charge in [0.1, 0.15) is 0 Å². The summed E-state index contributed by atoms with van der Waals surface area (Å²) in [5, 5.41) is 3.47. The Bertz CT molecular complexity index is 343. The van der Waals surface area contributed by atoms with Crippen molar-refractivity contribution in [3.8, 4) is 0 Å². The highest BCUT2D eigenvalue weighted by Crippen LogP contribution is 2.04. The van der Waals surface area contributed by atoms with E-state index in [9.17, 15) is 0 Å². The Morgan fingerprint density at radius 3 is 2.78 bits per heavy atom. The molecule has 1 N–H and O–H groups in total. The van der Waals surface area contributed by atoms with Gasteiger partial charge in [0, 0.05) is 50.7 Å². The number of aromatic nitrogens is 1. The summed E-state index contributed by atoms with van der Waals surface area (Å²) >= 11 is 0. The second kappa shape index (κ2) is 6.92. The lowest BCUT2D eigenvalue weighted by Crippen LogP contribution is -2.38. The van der Waals surface area contributed by atoms with Crippen LogP contribution >= 0.6 is 0 Å². The zero-order valence-electron chi connectivity index (χ0n) is 11.6. The Balaban J connectivity index is 1.79. The van der Waals surface area contributed by atoms with Crippen LogP contribution in [0.1, 0.15) is 19.5 Å². The maximum Gasteiger partial charge on any atom is 0.0594 e. The van der Waals surface area contributed by atoms with Gasteiger partial charge in [0.05, 0.1) is 13.2 Å². The maximum absolute atomic E-state index is 5.37. The van der Waals surface area contributed by atoms with E-state index in [-0.39, 0.29) is 0 Å². The predicted molar refractivity (Wildman–Crippen MR) is 73.7 cm³/mol. The fraction of sp³-hybridized carbons (Fsp3) is 0.714. The second-order valence-electron chi connectivity index (χ2n) is 5.18. The van der Waals surface area contributed by atoms with E-state index in [1.165, 1.54) is 5.69 Å². The molecule has 1 aromatic heterocycles. The van der Waals surface area contributed by atoms with Gasteiger partial charge in [-0.05, 0) is 12.1 Å². The predicted octanol–water partition coefficient (Wildman–Crippen LogP) is 1.32. The SMILES string of the molecule is CC(C)NCc1cccn1CCN1CCOCC1. The maximum atomic E-state index is 5.37. The average Bonchev–Trinajstić information content (AvgIpc) is 2.82. The third-order valence-corrected chi connectivity index (χ3v) is 3.38. The van der Waals surface area contributed by atoms with Crippen molar-refractivity contribution in [3.05, 3.63) is 24.0 Å². The molecule has 1 aliphatic heterocycles. The fourth-order valence-electron chi connectivity index (χ4n) is 2.21. The Morgan fingerprint density at radius 2 is 2.06 bits per heavy atom. The first-order valence-electron chi connectivity index (χ1n) is 6.93. The summed E-state index contributed by atoms with van der Waals surface area (Å²) in [4.78, 5) is 2.48. The molecular weight excluding hydrogens is 226 g/mol. The number of rotatable bonds is 6. The van der Waals surface area contributed by atoms with Gasteiger partial charge < -0.3 is 14.6 Å². The Labute approximate surface area is 110 Å². The van der Waals surface area contributed by atoms with Crippen LogP contribution in [0.3, 0.4) is 0 Å². The van der Waals surface area contributed by atoms with Crippen LogP contribution in [0.4, 0.5) is 0 Å². The number of morpholine rings is 1. The van der Waals surface area contributed by atoms with E-state index in [1.54, 1.807) is 0 Å². The molecule has 0 saturated carbocycles. The van der Waals surface area contributed by atoms with Crippen molar-refractivity contribution in [2.75, 3.05) is 32.8 Å². The number of nitrogens with one attached hydrogen (secondary N) is 1. The van der Waals surface area contributed by atoms with Gasteiger partial charge in [0.2, 0.25) is 0 Å². The molecule has 0 aromatic carbocycles. The summed E-state index contributed by atoms with van der Waals surface area (Å²) in [6, 6.07) is 4.87. The van der Waals surface area contributed by atoms with Gasteiger partial charge in [0.15, 0.2) is 0 Å². The van der Waals surface area contributed by atoms with Gasteiger partial charge >= 0.3 is 0 Å². The topological polar surface area (TPSA) is 29.4 Å². The van der Waals surface area contributed by atoms with Crippen LogP contribution in [-0.4, -0.2) is 48.4 Å². The molecule has 0 radical (unpaired) electrons. The van der Waals surface area contributed by atoms with Crippen molar-refractivity contribution in [1.82, 2.24) is 14.8 Å². The minimum atomic E-state index is 0.535. The third-order valence-electron chi connectivity index (χ3n) is 3.38. The molecule has 0 spiro atoms. The van der Waals surface area contributed by atoms with Crippen LogP contribution in [0.25, 0.3) is 0 Å². The largest absolute Gasteiger partial charge is 0.379 e. The van der Waals surface area contributed by atoms with E-state index < -0.39 is 0 Å². The second-order valence-corrected chi connectivity index (χ2v) is 5.18. The minimum absolute atomic E-state index is 0.535. The van der Waals surface area contributed by atoms with Crippen molar-refractivity contribution in [1.29, 1.82) is 0 Å². The van der Waals surface area contributed by atoms with Gasteiger partial charge in [-0.3, -0.25) is 4.90 Å². The molecule has 1 fully saturated rings. The first-order valence-corrected chi connectivity index (χ1v) is 6.93. The number of ether oxygens (including phenoxy) is 1. The highest BCUT2D eigenvalue weighted by atomic mass is 16.5. The van der Waals surface area contributed by atoms with Crippen LogP contribution in [0.2, 0.25) is 0 Å². The summed E-state index contributed by atoms with van der Waals surface area (Å²) in [7, 11) is 0. The fourth-order valence-corrected chi connectivity index (χ4v) is 2.21. The molecule has 0 amide bonds. The lowest BCUT2D eigenvalue weighted by Gasteiger charge is -2.27. The summed E-state index contributed by atoms with van der Waals surface area (Å²) < 4.78 is 7.72. The lowest BCUT2D eigenvalue weighted by molar-refractivity contribution is 0.0363. The Morgan fingerprint density at radius 1 is 1.28 bits per heavy atom. The van der Waals surface area contributed by atoms with Crippen molar-refractivity contribution in [2.45, 2.75) is 33.0 Å². The van der Waals surface area contributed by atoms with E-state index in [0.717, 1.165) is 45.9 Å². The van der Waals surface area contributed by atoms with E-state index in [1.807, 2.05) is 0 Å². The van der Waals surface area contributed by atoms with E-state index in [4.69, 9.17) is 4.74 Å². The highest BCUT2D eigenvalue weighted by molar-refractivity contribution is 5.07. The molecule has 0 bridgehead atoms. The van der Waals surface area contributed by atoms with Crippen LogP contribution in [0.15, 0.2) is 18.3 Å². The zero-order valence-corrected chi connectivity index (χ0v) is 11.6. The average molecular weight is 251 g/mol. The molecule has 2 rings (SSSR count). The summed E-state index contributed by atoms with van der Waals surface area (Å²) in [6.07, 6.45) is 2.18. The summed E-state index contributed by atoms with van der Waals surface area (Å²) in [6.45, 7) is 11.4. The summed E-state index contributed by atoms with van der Waals surface area (Å²) in [5.74, 6) is 0. The van der Waals surface area contributed by atoms with Crippen LogP contribution in [0.5, 0.6) is 0 Å². The molecule has 1 aliphatic rings. The summed E-state index contributed by atoms with van der Waals surface area (Å²) in [5.41, 5.74) is 1.37. The number of hydrogen-bond donors (Lipinski definition) is 1. The van der Waals surface area contributed by atoms with Gasteiger partial charge in [0.25, 0.3) is 0 Å². The molecule has 0 unspecified atom stereocenters. The number of nitrogens with zero attached hydrogens (tertiary/aromatic N) is 2. The Hall–Kier alpha value is -0.840. The first-order chi connectivity index (χ1) is 8.75. The van der Waals surface area contributed by atoms with Crippen LogP contribution in [0, 0.1) is 0 Å². The third kappa shape index (κ3) is 4.12. The molecule has 4 heteroatoms. The molecular formula is C14H25N3O. The molecule has 18 heavy (non-hydrogen) atoms. The molecule has 1 saturated heterocycles. The normalized spacial score (nSPS) is 17.5. The zero-order chi connectivity index (χ0) is 12.8. The standard InChI is InChI=1S/C14H25N3O/c1-13(2)15-12-14-4-3-5-17(14)7-6-16-8-10-18-11-9-16/h3-5,13,15H,6-12H2,1-2H3. The lowest BCUT2D eigenvalue weighted by atomic mass is 10.3. The monoisotopic (exact) mass is 251 g/mol. The molecule has 4 nitrogen and oxygen atoms in total. The van der Waals surface area contributed by atoms with Crippen molar-refractivity contribution >= 4 is 0 Å². The van der Waals surface area contributed by atoms with E-state index >= 15 is 0 Å². The number of hydrogen-bond acceptors (Lipinski definition) is 3. The van der Waals surface area contributed by atoms with E-state index in [0.29, 0.717) is 6.04 Å². The van der Waals surface area contributed by atoms with Crippen LogP contribution in [-0.2, 0) is 17.8 Å².